The van der Waals surface area contributed by atoms with Crippen LogP contribution in [0.5, 0.6) is 0 Å². The molecule has 0 aromatic carbocycles. The van der Waals surface area contributed by atoms with Crippen molar-refractivity contribution in [3.05, 3.63) is 30.1 Å². The second-order valence-corrected chi connectivity index (χ2v) is 6.41. The zero-order chi connectivity index (χ0) is 15.4. The Morgan fingerprint density at radius 2 is 2.32 bits per heavy atom. The average Bonchev–Trinajstić information content (AvgIpc) is 2.95. The van der Waals surface area contributed by atoms with Crippen LogP contribution in [0.15, 0.2) is 24.5 Å². The van der Waals surface area contributed by atoms with E-state index in [2.05, 4.69) is 4.98 Å². The number of ether oxygens (including phenoxy) is 2. The Morgan fingerprint density at radius 1 is 1.50 bits per heavy atom. The monoisotopic (exact) mass is 304 g/mol. The minimum atomic E-state index is -0.140. The Morgan fingerprint density at radius 3 is 3.09 bits per heavy atom. The third-order valence-electron chi connectivity index (χ3n) is 4.77. The van der Waals surface area contributed by atoms with Gasteiger partial charge in [0.2, 0.25) is 0 Å². The van der Waals surface area contributed by atoms with Gasteiger partial charge in [0.15, 0.2) is 0 Å². The third kappa shape index (κ3) is 3.31. The lowest BCUT2D eigenvalue weighted by molar-refractivity contribution is -0.0450. The summed E-state index contributed by atoms with van der Waals surface area (Å²) in [6.45, 7) is 3.09. The number of likely N-dealkylation sites (tertiary alicyclic amines) is 1. The van der Waals surface area contributed by atoms with E-state index in [0.29, 0.717) is 18.0 Å². The van der Waals surface area contributed by atoms with Crippen molar-refractivity contribution in [2.45, 2.75) is 31.3 Å². The smallest absolute Gasteiger partial charge is 0.254 e. The number of hydrogen-bond acceptors (Lipinski definition) is 4. The van der Waals surface area contributed by atoms with Gasteiger partial charge < -0.3 is 14.4 Å². The van der Waals surface area contributed by atoms with E-state index in [9.17, 15) is 4.79 Å². The van der Waals surface area contributed by atoms with E-state index >= 15 is 0 Å². The lowest BCUT2D eigenvalue weighted by Crippen LogP contribution is -2.50. The van der Waals surface area contributed by atoms with E-state index < -0.39 is 0 Å². The number of aromatic nitrogens is 1. The first kappa shape index (κ1) is 15.4. The van der Waals surface area contributed by atoms with Crippen molar-refractivity contribution in [1.82, 2.24) is 9.88 Å². The molecule has 2 aliphatic heterocycles. The maximum absolute atomic E-state index is 12.6. The van der Waals surface area contributed by atoms with Crippen molar-refractivity contribution < 1.29 is 14.3 Å². The number of carbonyl (C=O) groups excluding carboxylic acids is 1. The van der Waals surface area contributed by atoms with Crippen molar-refractivity contribution in [3.8, 4) is 0 Å². The van der Waals surface area contributed by atoms with Crippen LogP contribution in [0.25, 0.3) is 0 Å². The molecule has 2 atom stereocenters. The van der Waals surface area contributed by atoms with Crippen molar-refractivity contribution in [2.24, 2.45) is 5.92 Å². The van der Waals surface area contributed by atoms with Crippen LogP contribution in [0.4, 0.5) is 0 Å². The molecule has 5 nitrogen and oxygen atoms in total. The van der Waals surface area contributed by atoms with Gasteiger partial charge in [0.05, 0.1) is 12.2 Å². The minimum absolute atomic E-state index is 0.0883. The normalized spacial score (nSPS) is 28.2. The van der Waals surface area contributed by atoms with Crippen molar-refractivity contribution in [2.75, 3.05) is 33.4 Å². The van der Waals surface area contributed by atoms with Gasteiger partial charge in [-0.05, 0) is 43.7 Å². The van der Waals surface area contributed by atoms with Gasteiger partial charge in [-0.3, -0.25) is 9.78 Å². The highest BCUT2D eigenvalue weighted by atomic mass is 16.5. The first-order valence-electron chi connectivity index (χ1n) is 8.05. The molecule has 2 unspecified atom stereocenters. The molecular weight excluding hydrogens is 280 g/mol. The van der Waals surface area contributed by atoms with Crippen LogP contribution in [0.1, 0.15) is 36.0 Å². The van der Waals surface area contributed by atoms with E-state index in [4.69, 9.17) is 9.47 Å². The summed E-state index contributed by atoms with van der Waals surface area (Å²) in [5, 5.41) is 0. The lowest BCUT2D eigenvalue weighted by Gasteiger charge is -2.39. The first-order chi connectivity index (χ1) is 10.7. The van der Waals surface area contributed by atoms with E-state index in [1.807, 2.05) is 4.90 Å². The highest BCUT2D eigenvalue weighted by Gasteiger charge is 2.44. The summed E-state index contributed by atoms with van der Waals surface area (Å²) in [5.74, 6) is 0.640. The predicted octanol–water partition coefficient (Wildman–Crippen LogP) is 2.13. The van der Waals surface area contributed by atoms with E-state index in [-0.39, 0.29) is 11.5 Å². The minimum Gasteiger partial charge on any atom is -0.385 e. The molecular formula is C17H24N2O3. The van der Waals surface area contributed by atoms with Crippen molar-refractivity contribution >= 4 is 5.91 Å². The van der Waals surface area contributed by atoms with Crippen LogP contribution in [0, 0.1) is 5.92 Å². The third-order valence-corrected chi connectivity index (χ3v) is 4.77. The molecule has 22 heavy (non-hydrogen) atoms. The fourth-order valence-electron chi connectivity index (χ4n) is 3.64. The molecule has 3 heterocycles. The fraction of sp³-hybridized carbons (Fsp3) is 0.647. The Hall–Kier alpha value is -1.46. The Kier molecular flexibility index (Phi) is 4.74. The summed E-state index contributed by atoms with van der Waals surface area (Å²) in [5.41, 5.74) is 0.570. The molecule has 1 aromatic heterocycles. The van der Waals surface area contributed by atoms with Crippen LogP contribution < -0.4 is 0 Å². The quantitative estimate of drug-likeness (QED) is 0.855. The maximum atomic E-state index is 12.6. The summed E-state index contributed by atoms with van der Waals surface area (Å²) < 4.78 is 11.3. The van der Waals surface area contributed by atoms with Crippen molar-refractivity contribution in [3.63, 3.8) is 0 Å². The van der Waals surface area contributed by atoms with Gasteiger partial charge in [-0.1, -0.05) is 0 Å². The molecule has 0 N–H and O–H groups in total. The second kappa shape index (κ2) is 6.75. The van der Waals surface area contributed by atoms with Gasteiger partial charge in [0.25, 0.3) is 5.91 Å². The van der Waals surface area contributed by atoms with Gasteiger partial charge in [0.1, 0.15) is 0 Å². The van der Waals surface area contributed by atoms with Crippen LogP contribution in [-0.4, -0.2) is 54.8 Å². The van der Waals surface area contributed by atoms with Gasteiger partial charge >= 0.3 is 0 Å². The summed E-state index contributed by atoms with van der Waals surface area (Å²) in [7, 11) is 1.74. The van der Waals surface area contributed by atoms with E-state index in [0.717, 1.165) is 45.4 Å². The summed E-state index contributed by atoms with van der Waals surface area (Å²) in [4.78, 5) is 18.5. The molecule has 0 aliphatic carbocycles. The van der Waals surface area contributed by atoms with Crippen molar-refractivity contribution in [1.29, 1.82) is 0 Å². The largest absolute Gasteiger partial charge is 0.385 e. The topological polar surface area (TPSA) is 51.7 Å². The number of nitrogens with zero attached hydrogens (tertiary/aromatic N) is 2. The molecule has 120 valence electrons. The number of pyridine rings is 1. The molecule has 2 aliphatic rings. The number of amides is 1. The maximum Gasteiger partial charge on any atom is 0.254 e. The van der Waals surface area contributed by atoms with Crippen LogP contribution in [-0.2, 0) is 9.47 Å². The molecule has 3 rings (SSSR count). The van der Waals surface area contributed by atoms with Gasteiger partial charge in [0, 0.05) is 44.8 Å². The molecule has 5 heteroatoms. The van der Waals surface area contributed by atoms with Crippen LogP contribution >= 0.6 is 0 Å². The first-order valence-corrected chi connectivity index (χ1v) is 8.05. The lowest BCUT2D eigenvalue weighted by atomic mass is 9.85. The summed E-state index contributed by atoms with van der Waals surface area (Å²) >= 11 is 0. The Balaban J connectivity index is 1.64. The number of carbonyl (C=O) groups is 1. The Bertz CT molecular complexity index is 508. The number of rotatable bonds is 4. The molecule has 2 saturated heterocycles. The SMILES string of the molecule is COCCC1COC2(CCCN(C(=O)c3ccncc3)C2)C1. The zero-order valence-corrected chi connectivity index (χ0v) is 13.2. The molecule has 2 fully saturated rings. The number of methoxy groups -OCH3 is 1. The van der Waals surface area contributed by atoms with Gasteiger partial charge in [-0.2, -0.15) is 0 Å². The molecule has 1 spiro atoms. The highest BCUT2D eigenvalue weighted by molar-refractivity contribution is 5.94. The number of hydrogen-bond donors (Lipinski definition) is 0. The molecule has 0 radical (unpaired) electrons. The van der Waals surface area contributed by atoms with Gasteiger partial charge in [-0.15, -0.1) is 0 Å². The Labute approximate surface area is 131 Å². The standard InChI is InChI=1S/C17H24N2O3/c1-21-10-5-14-11-17(22-12-14)6-2-9-19(13-17)16(20)15-3-7-18-8-4-15/h3-4,7-8,14H,2,5-6,9-13H2,1H3. The molecule has 0 saturated carbocycles. The molecule has 1 aromatic rings. The fourth-order valence-corrected chi connectivity index (χ4v) is 3.64. The molecule has 1 amide bonds. The van der Waals surface area contributed by atoms with E-state index in [1.54, 1.807) is 31.6 Å². The molecule has 0 bridgehead atoms. The average molecular weight is 304 g/mol. The summed E-state index contributed by atoms with van der Waals surface area (Å²) in [6, 6.07) is 3.56. The van der Waals surface area contributed by atoms with E-state index in [1.165, 1.54) is 0 Å². The predicted molar refractivity (Wildman–Crippen MR) is 82.7 cm³/mol. The zero-order valence-electron chi connectivity index (χ0n) is 13.2. The highest BCUT2D eigenvalue weighted by Crippen LogP contribution is 2.38. The number of piperidine rings is 1. The second-order valence-electron chi connectivity index (χ2n) is 6.41. The summed E-state index contributed by atoms with van der Waals surface area (Å²) in [6.07, 6.45) is 7.47. The van der Waals surface area contributed by atoms with Gasteiger partial charge in [-0.25, -0.2) is 0 Å². The van der Waals surface area contributed by atoms with Crippen LogP contribution in [0.3, 0.4) is 0 Å². The van der Waals surface area contributed by atoms with Crippen LogP contribution in [0.2, 0.25) is 0 Å².